The third kappa shape index (κ3) is 1.40. The number of nitrogens with zero attached hydrogens (tertiary/aromatic N) is 1. The van der Waals surface area contributed by atoms with Crippen LogP contribution in [0, 0.1) is 5.92 Å². The molecule has 0 aromatic rings. The average Bonchev–Trinajstić information content (AvgIpc) is 2.49. The number of aliphatic imine (C=N–C) groups is 1. The quantitative estimate of drug-likeness (QED) is 0.639. The standard InChI is InChI=1S/C10H19N3/c1-2-8-5-3-4-6-10(8)7-12-9(11)13-10/h8H,2-7H2,1H3,(H3,11,12,13). The van der Waals surface area contributed by atoms with Crippen LogP contribution >= 0.6 is 0 Å². The van der Waals surface area contributed by atoms with Crippen LogP contribution in [-0.4, -0.2) is 18.0 Å². The van der Waals surface area contributed by atoms with Crippen molar-refractivity contribution in [2.24, 2.45) is 16.6 Å². The Morgan fingerprint density at radius 3 is 3.08 bits per heavy atom. The number of hydrogen-bond donors (Lipinski definition) is 2. The minimum atomic E-state index is 0.233. The Kier molecular flexibility index (Phi) is 2.18. The highest BCUT2D eigenvalue weighted by atomic mass is 15.2. The van der Waals surface area contributed by atoms with Crippen molar-refractivity contribution in [3.63, 3.8) is 0 Å². The number of nitrogens with two attached hydrogens (primary N) is 1. The van der Waals surface area contributed by atoms with E-state index >= 15 is 0 Å². The van der Waals surface area contributed by atoms with Gasteiger partial charge >= 0.3 is 0 Å². The fraction of sp³-hybridized carbons (Fsp3) is 0.900. The van der Waals surface area contributed by atoms with Crippen molar-refractivity contribution in [3.05, 3.63) is 0 Å². The van der Waals surface area contributed by atoms with Crippen LogP contribution in [0.5, 0.6) is 0 Å². The van der Waals surface area contributed by atoms with Crippen LogP contribution in [0.25, 0.3) is 0 Å². The maximum atomic E-state index is 5.70. The second-order valence-corrected chi connectivity index (χ2v) is 4.33. The highest BCUT2D eigenvalue weighted by molar-refractivity contribution is 5.80. The monoisotopic (exact) mass is 181 g/mol. The Hall–Kier alpha value is -0.730. The molecule has 1 saturated carbocycles. The molecule has 0 radical (unpaired) electrons. The molecule has 0 aromatic carbocycles. The minimum absolute atomic E-state index is 0.233. The largest absolute Gasteiger partial charge is 0.370 e. The molecule has 3 heteroatoms. The molecule has 13 heavy (non-hydrogen) atoms. The molecule has 74 valence electrons. The summed E-state index contributed by atoms with van der Waals surface area (Å²) >= 11 is 0. The van der Waals surface area contributed by atoms with Crippen LogP contribution in [0.3, 0.4) is 0 Å². The highest BCUT2D eigenvalue weighted by Gasteiger charge is 2.42. The molecular weight excluding hydrogens is 162 g/mol. The first-order valence-electron chi connectivity index (χ1n) is 5.35. The van der Waals surface area contributed by atoms with Gasteiger partial charge in [0.05, 0.1) is 12.1 Å². The van der Waals surface area contributed by atoms with E-state index in [1.54, 1.807) is 0 Å². The van der Waals surface area contributed by atoms with Crippen molar-refractivity contribution in [1.29, 1.82) is 0 Å². The number of guanidine groups is 1. The van der Waals surface area contributed by atoms with Gasteiger partial charge in [-0.15, -0.1) is 0 Å². The molecule has 0 saturated heterocycles. The van der Waals surface area contributed by atoms with E-state index in [-0.39, 0.29) is 5.54 Å². The molecule has 2 aliphatic rings. The molecule has 0 bridgehead atoms. The van der Waals surface area contributed by atoms with E-state index in [4.69, 9.17) is 5.73 Å². The Bertz CT molecular complexity index is 224. The topological polar surface area (TPSA) is 50.4 Å². The van der Waals surface area contributed by atoms with E-state index in [1.807, 2.05) is 0 Å². The van der Waals surface area contributed by atoms with Crippen LogP contribution in [0.2, 0.25) is 0 Å². The van der Waals surface area contributed by atoms with Gasteiger partial charge < -0.3 is 11.1 Å². The maximum absolute atomic E-state index is 5.70. The van der Waals surface area contributed by atoms with Crippen LogP contribution in [-0.2, 0) is 0 Å². The molecule has 1 aliphatic heterocycles. The van der Waals surface area contributed by atoms with Crippen LogP contribution < -0.4 is 11.1 Å². The fourth-order valence-electron chi connectivity index (χ4n) is 2.84. The molecule has 0 aromatic heterocycles. The lowest BCUT2D eigenvalue weighted by Crippen LogP contribution is -2.54. The second-order valence-electron chi connectivity index (χ2n) is 4.33. The van der Waals surface area contributed by atoms with E-state index in [0.717, 1.165) is 12.5 Å². The first kappa shape index (κ1) is 8.85. The third-order valence-corrected chi connectivity index (χ3v) is 3.61. The van der Waals surface area contributed by atoms with E-state index < -0.39 is 0 Å². The summed E-state index contributed by atoms with van der Waals surface area (Å²) < 4.78 is 0. The zero-order chi connectivity index (χ0) is 9.31. The summed E-state index contributed by atoms with van der Waals surface area (Å²) in [6.45, 7) is 3.17. The van der Waals surface area contributed by atoms with Crippen molar-refractivity contribution in [2.45, 2.75) is 44.6 Å². The Morgan fingerprint density at radius 2 is 2.46 bits per heavy atom. The molecular formula is C10H19N3. The Labute approximate surface area is 79.8 Å². The van der Waals surface area contributed by atoms with Gasteiger partial charge in [0.15, 0.2) is 5.96 Å². The summed E-state index contributed by atoms with van der Waals surface area (Å²) in [6, 6.07) is 0. The Balaban J connectivity index is 2.10. The van der Waals surface area contributed by atoms with E-state index in [2.05, 4.69) is 17.2 Å². The smallest absolute Gasteiger partial charge is 0.189 e. The summed E-state index contributed by atoms with van der Waals surface area (Å²) in [5.74, 6) is 1.42. The maximum Gasteiger partial charge on any atom is 0.189 e. The number of nitrogens with one attached hydrogen (secondary N) is 1. The zero-order valence-electron chi connectivity index (χ0n) is 8.34. The molecule has 2 unspecified atom stereocenters. The van der Waals surface area contributed by atoms with Gasteiger partial charge in [-0.2, -0.15) is 0 Å². The van der Waals surface area contributed by atoms with Crippen LogP contribution in [0.4, 0.5) is 0 Å². The first-order valence-corrected chi connectivity index (χ1v) is 5.35. The predicted octanol–water partition coefficient (Wildman–Crippen LogP) is 1.24. The lowest BCUT2D eigenvalue weighted by Gasteiger charge is -2.40. The third-order valence-electron chi connectivity index (χ3n) is 3.61. The van der Waals surface area contributed by atoms with Crippen LogP contribution in [0.1, 0.15) is 39.0 Å². The van der Waals surface area contributed by atoms with Crippen molar-refractivity contribution in [1.82, 2.24) is 5.32 Å². The highest BCUT2D eigenvalue weighted by Crippen LogP contribution is 2.37. The molecule has 1 aliphatic carbocycles. The molecule has 0 amide bonds. The van der Waals surface area contributed by atoms with Gasteiger partial charge in [0.2, 0.25) is 0 Å². The predicted molar refractivity (Wildman–Crippen MR) is 54.6 cm³/mol. The molecule has 2 rings (SSSR count). The minimum Gasteiger partial charge on any atom is -0.370 e. The summed E-state index contributed by atoms with van der Waals surface area (Å²) in [6.07, 6.45) is 6.53. The molecule has 1 spiro atoms. The van der Waals surface area contributed by atoms with Gasteiger partial charge in [0.25, 0.3) is 0 Å². The lowest BCUT2D eigenvalue weighted by molar-refractivity contribution is 0.178. The molecule has 3 N–H and O–H groups in total. The average molecular weight is 181 g/mol. The van der Waals surface area contributed by atoms with Gasteiger partial charge in [-0.25, -0.2) is 0 Å². The zero-order valence-corrected chi connectivity index (χ0v) is 8.34. The molecule has 2 atom stereocenters. The first-order chi connectivity index (χ1) is 6.27. The fourth-order valence-corrected chi connectivity index (χ4v) is 2.84. The molecule has 3 nitrogen and oxygen atoms in total. The van der Waals surface area contributed by atoms with Gasteiger partial charge in [-0.05, 0) is 18.8 Å². The van der Waals surface area contributed by atoms with Gasteiger partial charge in [0.1, 0.15) is 0 Å². The molecule has 1 fully saturated rings. The van der Waals surface area contributed by atoms with Crippen LogP contribution in [0.15, 0.2) is 4.99 Å². The van der Waals surface area contributed by atoms with E-state index in [9.17, 15) is 0 Å². The number of hydrogen-bond acceptors (Lipinski definition) is 3. The summed E-state index contributed by atoms with van der Waals surface area (Å²) in [5.41, 5.74) is 5.93. The summed E-state index contributed by atoms with van der Waals surface area (Å²) in [5, 5.41) is 3.40. The van der Waals surface area contributed by atoms with Crippen molar-refractivity contribution in [3.8, 4) is 0 Å². The normalized spacial score (nSPS) is 38.8. The van der Waals surface area contributed by atoms with Gasteiger partial charge in [-0.3, -0.25) is 4.99 Å². The van der Waals surface area contributed by atoms with E-state index in [1.165, 1.54) is 32.1 Å². The van der Waals surface area contributed by atoms with Crippen molar-refractivity contribution < 1.29 is 0 Å². The molecule has 1 heterocycles. The second kappa shape index (κ2) is 3.20. The number of rotatable bonds is 1. The van der Waals surface area contributed by atoms with Crippen molar-refractivity contribution in [2.75, 3.05) is 6.54 Å². The summed E-state index contributed by atoms with van der Waals surface area (Å²) in [4.78, 5) is 4.29. The lowest BCUT2D eigenvalue weighted by atomic mass is 9.72. The summed E-state index contributed by atoms with van der Waals surface area (Å²) in [7, 11) is 0. The van der Waals surface area contributed by atoms with Crippen molar-refractivity contribution >= 4 is 5.96 Å². The van der Waals surface area contributed by atoms with Gasteiger partial charge in [-0.1, -0.05) is 26.2 Å². The van der Waals surface area contributed by atoms with E-state index in [0.29, 0.717) is 5.96 Å². The SMILES string of the molecule is CCC1CCCCC12CN=C(N)N2. The Morgan fingerprint density at radius 1 is 1.62 bits per heavy atom. The van der Waals surface area contributed by atoms with Gasteiger partial charge in [0, 0.05) is 0 Å².